The van der Waals surface area contributed by atoms with E-state index < -0.39 is 10.0 Å². The normalized spacial score (nSPS) is 14.6. The highest BCUT2D eigenvalue weighted by molar-refractivity contribution is 7.92. The second-order valence-electron chi connectivity index (χ2n) is 10.6. The average Bonchev–Trinajstić information content (AvgIpc) is 3.44. The van der Waals surface area contributed by atoms with Gasteiger partial charge in [0.1, 0.15) is 0 Å². The molecule has 7 nitrogen and oxygen atoms in total. The number of nitrogens with zero attached hydrogens (tertiary/aromatic N) is 3. The minimum absolute atomic E-state index is 0.101. The Morgan fingerprint density at radius 3 is 2.39 bits per heavy atom. The summed E-state index contributed by atoms with van der Waals surface area (Å²) in [6, 6.07) is 23.8. The monoisotopic (exact) mass is 577 g/mol. The molecule has 0 spiro atoms. The number of sulfonamides is 1. The number of carbonyl (C=O) groups excluding carboxylic acids is 1. The van der Waals surface area contributed by atoms with Crippen molar-refractivity contribution in [2.24, 2.45) is 0 Å². The zero-order chi connectivity index (χ0) is 28.9. The first-order valence-corrected chi connectivity index (χ1v) is 16.2. The zero-order valence-corrected chi connectivity index (χ0v) is 24.9. The standard InChI is InChI=1S/C33H43N3O4S/c1-2-40-24-13-23-35(41(38,39)25-21-29-14-6-3-7-15-29)28-33(37)36(31-18-10-5-11-19-31)27-32-20-12-22-34(32)26-30-16-8-4-9-17-30/h3-4,6-9,12,14-17,20-22,25,31H,2,5,10-11,13,18-19,23-24,26-28H2,1H3. The number of aromatic nitrogens is 1. The molecule has 1 aliphatic rings. The number of amides is 1. The number of carbonyl (C=O) groups is 1. The zero-order valence-electron chi connectivity index (χ0n) is 24.1. The molecule has 0 radical (unpaired) electrons. The van der Waals surface area contributed by atoms with Gasteiger partial charge in [-0.3, -0.25) is 4.79 Å². The molecule has 0 unspecified atom stereocenters. The van der Waals surface area contributed by atoms with E-state index in [1.807, 2.05) is 72.6 Å². The number of hydrogen-bond acceptors (Lipinski definition) is 4. The van der Waals surface area contributed by atoms with Crippen LogP contribution < -0.4 is 0 Å². The molecule has 0 aliphatic heterocycles. The third-order valence-corrected chi connectivity index (χ3v) is 9.10. The van der Waals surface area contributed by atoms with Crippen LogP contribution in [0.3, 0.4) is 0 Å². The average molecular weight is 578 g/mol. The lowest BCUT2D eigenvalue weighted by Gasteiger charge is -2.36. The molecule has 3 aromatic rings. The highest BCUT2D eigenvalue weighted by atomic mass is 32.2. The summed E-state index contributed by atoms with van der Waals surface area (Å²) in [6.45, 7) is 4.13. The number of hydrogen-bond donors (Lipinski definition) is 0. The van der Waals surface area contributed by atoms with Crippen molar-refractivity contribution in [1.29, 1.82) is 0 Å². The third-order valence-electron chi connectivity index (χ3n) is 7.59. The number of rotatable bonds is 15. The summed E-state index contributed by atoms with van der Waals surface area (Å²) < 4.78 is 36.0. The second kappa shape index (κ2) is 15.7. The maximum absolute atomic E-state index is 14.0. The second-order valence-corrected chi connectivity index (χ2v) is 12.4. The van der Waals surface area contributed by atoms with Crippen LogP contribution in [-0.2, 0) is 32.6 Å². The van der Waals surface area contributed by atoms with Gasteiger partial charge in [0.05, 0.1) is 13.1 Å². The largest absolute Gasteiger partial charge is 0.382 e. The molecule has 1 fully saturated rings. The molecule has 2 aromatic carbocycles. The van der Waals surface area contributed by atoms with Crippen LogP contribution in [0.25, 0.3) is 6.08 Å². The van der Waals surface area contributed by atoms with E-state index in [2.05, 4.69) is 22.8 Å². The Kier molecular flexibility index (Phi) is 11.8. The van der Waals surface area contributed by atoms with Gasteiger partial charge < -0.3 is 14.2 Å². The minimum Gasteiger partial charge on any atom is -0.382 e. The molecule has 220 valence electrons. The fourth-order valence-corrected chi connectivity index (χ4v) is 6.53. The van der Waals surface area contributed by atoms with Gasteiger partial charge in [-0.2, -0.15) is 4.31 Å². The summed E-state index contributed by atoms with van der Waals surface area (Å²) in [4.78, 5) is 15.9. The molecule has 0 atom stereocenters. The summed E-state index contributed by atoms with van der Waals surface area (Å²) in [5, 5.41) is 1.21. The Morgan fingerprint density at radius 1 is 0.976 bits per heavy atom. The predicted octanol–water partition coefficient (Wildman–Crippen LogP) is 5.93. The number of ether oxygens (including phenoxy) is 1. The minimum atomic E-state index is -3.83. The van der Waals surface area contributed by atoms with Crippen LogP contribution in [0.5, 0.6) is 0 Å². The van der Waals surface area contributed by atoms with Crippen LogP contribution in [0.2, 0.25) is 0 Å². The summed E-state index contributed by atoms with van der Waals surface area (Å²) in [5.41, 5.74) is 3.03. The lowest BCUT2D eigenvalue weighted by Crippen LogP contribution is -2.47. The van der Waals surface area contributed by atoms with Gasteiger partial charge in [-0.1, -0.05) is 79.9 Å². The number of benzene rings is 2. The molecular formula is C33H43N3O4S. The van der Waals surface area contributed by atoms with Crippen molar-refractivity contribution >= 4 is 22.0 Å². The highest BCUT2D eigenvalue weighted by Gasteiger charge is 2.30. The van der Waals surface area contributed by atoms with E-state index in [4.69, 9.17) is 4.74 Å². The summed E-state index contributed by atoms with van der Waals surface area (Å²) in [7, 11) is -3.83. The molecule has 1 saturated carbocycles. The quantitative estimate of drug-likeness (QED) is 0.210. The van der Waals surface area contributed by atoms with E-state index in [0.717, 1.165) is 43.5 Å². The van der Waals surface area contributed by atoms with Crippen LogP contribution in [0.15, 0.2) is 84.4 Å². The van der Waals surface area contributed by atoms with Gasteiger partial charge in [0.25, 0.3) is 0 Å². The lowest BCUT2D eigenvalue weighted by molar-refractivity contribution is -0.135. The van der Waals surface area contributed by atoms with E-state index in [1.54, 1.807) is 6.08 Å². The molecule has 0 bridgehead atoms. The first-order valence-electron chi connectivity index (χ1n) is 14.7. The van der Waals surface area contributed by atoms with Gasteiger partial charge in [-0.15, -0.1) is 0 Å². The van der Waals surface area contributed by atoms with E-state index in [-0.39, 0.29) is 25.0 Å². The van der Waals surface area contributed by atoms with Crippen molar-refractivity contribution in [3.63, 3.8) is 0 Å². The van der Waals surface area contributed by atoms with Crippen LogP contribution in [0.4, 0.5) is 0 Å². The van der Waals surface area contributed by atoms with Crippen molar-refractivity contribution < 1.29 is 17.9 Å². The maximum Gasteiger partial charge on any atom is 0.238 e. The van der Waals surface area contributed by atoms with Gasteiger partial charge in [-0.25, -0.2) is 8.42 Å². The molecule has 1 amide bonds. The maximum atomic E-state index is 14.0. The van der Waals surface area contributed by atoms with E-state index in [1.165, 1.54) is 21.7 Å². The summed E-state index contributed by atoms with van der Waals surface area (Å²) in [5.74, 6) is -0.155. The van der Waals surface area contributed by atoms with E-state index in [9.17, 15) is 13.2 Å². The SMILES string of the molecule is CCOCCCN(CC(=O)N(Cc1cccn1Cc1ccccc1)C1CCCCC1)S(=O)(=O)C=Cc1ccccc1. The Balaban J connectivity index is 1.54. The molecule has 1 aliphatic carbocycles. The van der Waals surface area contributed by atoms with E-state index >= 15 is 0 Å². The van der Waals surface area contributed by atoms with Crippen molar-refractivity contribution in [3.8, 4) is 0 Å². The Morgan fingerprint density at radius 2 is 1.68 bits per heavy atom. The fourth-order valence-electron chi connectivity index (χ4n) is 5.36. The first kappa shape index (κ1) is 30.8. The van der Waals surface area contributed by atoms with Crippen molar-refractivity contribution in [2.45, 2.75) is 64.6 Å². The summed E-state index contributed by atoms with van der Waals surface area (Å²) in [6.07, 6.45) is 9.36. The Hall–Kier alpha value is -3.20. The van der Waals surface area contributed by atoms with Gasteiger partial charge in [-0.05, 0) is 55.5 Å². The van der Waals surface area contributed by atoms with Crippen LogP contribution in [0.1, 0.15) is 62.3 Å². The molecule has 1 aromatic heterocycles. The molecule has 4 rings (SSSR count). The smallest absolute Gasteiger partial charge is 0.238 e. The fraction of sp³-hybridized carbons (Fsp3) is 0.424. The van der Waals surface area contributed by atoms with Gasteiger partial charge in [0.2, 0.25) is 15.9 Å². The lowest BCUT2D eigenvalue weighted by atomic mass is 9.94. The van der Waals surface area contributed by atoms with Crippen LogP contribution >= 0.6 is 0 Å². The summed E-state index contributed by atoms with van der Waals surface area (Å²) >= 11 is 0. The van der Waals surface area contributed by atoms with Crippen molar-refractivity contribution in [1.82, 2.24) is 13.8 Å². The van der Waals surface area contributed by atoms with E-state index in [0.29, 0.717) is 26.2 Å². The predicted molar refractivity (Wildman–Crippen MR) is 164 cm³/mol. The highest BCUT2D eigenvalue weighted by Crippen LogP contribution is 2.25. The Labute approximate surface area is 245 Å². The third kappa shape index (κ3) is 9.42. The van der Waals surface area contributed by atoms with Crippen molar-refractivity contribution in [2.75, 3.05) is 26.3 Å². The van der Waals surface area contributed by atoms with Crippen LogP contribution in [-0.4, -0.2) is 60.4 Å². The first-order chi connectivity index (χ1) is 20.0. The van der Waals surface area contributed by atoms with Crippen molar-refractivity contribution in [3.05, 3.63) is 101 Å². The molecule has 0 saturated heterocycles. The van der Waals surface area contributed by atoms with Gasteiger partial charge in [0.15, 0.2) is 0 Å². The Bertz CT molecular complexity index is 1330. The molecule has 8 heteroatoms. The molecule has 41 heavy (non-hydrogen) atoms. The molecule has 1 heterocycles. The van der Waals surface area contributed by atoms with Crippen LogP contribution in [0, 0.1) is 0 Å². The molecule has 0 N–H and O–H groups in total. The topological polar surface area (TPSA) is 71.8 Å². The molecular weight excluding hydrogens is 534 g/mol. The van der Waals surface area contributed by atoms with Gasteiger partial charge >= 0.3 is 0 Å². The van der Waals surface area contributed by atoms with Gasteiger partial charge in [0, 0.05) is 49.6 Å².